The molecule has 6 heteroatoms. The Balaban J connectivity index is 2.14. The van der Waals surface area contributed by atoms with Crippen molar-refractivity contribution in [2.75, 3.05) is 5.32 Å². The van der Waals surface area contributed by atoms with Crippen LogP contribution in [0.25, 0.3) is 0 Å². The van der Waals surface area contributed by atoms with Gasteiger partial charge < -0.3 is 0 Å². The molecular formula is C10H9BrN2OS2. The first-order valence-electron chi connectivity index (χ1n) is 4.69. The Morgan fingerprint density at radius 1 is 1.62 bits per heavy atom. The number of carbonyl (C=O) groups is 1. The molecule has 0 aliphatic carbocycles. The van der Waals surface area contributed by atoms with Crippen molar-refractivity contribution in [2.24, 2.45) is 0 Å². The van der Waals surface area contributed by atoms with Crippen molar-refractivity contribution in [2.45, 2.75) is 13.3 Å². The van der Waals surface area contributed by atoms with Crippen molar-refractivity contribution in [3.05, 3.63) is 31.9 Å². The first-order valence-corrected chi connectivity index (χ1v) is 7.18. The molecule has 3 nitrogen and oxygen atoms in total. The van der Waals surface area contributed by atoms with Crippen LogP contribution in [0, 0.1) is 0 Å². The third kappa shape index (κ3) is 2.50. The average molecular weight is 317 g/mol. The molecule has 0 saturated carbocycles. The van der Waals surface area contributed by atoms with Crippen LogP contribution in [-0.4, -0.2) is 10.9 Å². The summed E-state index contributed by atoms with van der Waals surface area (Å²) >= 11 is 6.17. The second-order valence-corrected chi connectivity index (χ2v) is 6.38. The SMILES string of the molecule is CCc1ccsc1C(=O)Nc1ncc(Br)s1. The van der Waals surface area contributed by atoms with Crippen LogP contribution >= 0.6 is 38.6 Å². The van der Waals surface area contributed by atoms with Gasteiger partial charge in [-0.2, -0.15) is 0 Å². The molecule has 2 aromatic rings. The summed E-state index contributed by atoms with van der Waals surface area (Å²) in [6.07, 6.45) is 2.54. The Hall–Kier alpha value is -0.720. The zero-order chi connectivity index (χ0) is 11.5. The zero-order valence-corrected chi connectivity index (χ0v) is 11.7. The summed E-state index contributed by atoms with van der Waals surface area (Å²) in [5.41, 5.74) is 1.08. The lowest BCUT2D eigenvalue weighted by atomic mass is 10.2. The van der Waals surface area contributed by atoms with Crippen molar-refractivity contribution in [3.8, 4) is 0 Å². The number of amides is 1. The van der Waals surface area contributed by atoms with E-state index in [4.69, 9.17) is 0 Å². The molecule has 0 atom stereocenters. The zero-order valence-electron chi connectivity index (χ0n) is 8.49. The van der Waals surface area contributed by atoms with Gasteiger partial charge in [-0.3, -0.25) is 10.1 Å². The average Bonchev–Trinajstić information content (AvgIpc) is 2.86. The monoisotopic (exact) mass is 316 g/mol. The fourth-order valence-corrected chi connectivity index (χ4v) is 3.27. The van der Waals surface area contributed by atoms with Crippen LogP contribution in [0.5, 0.6) is 0 Å². The minimum absolute atomic E-state index is 0.0753. The number of carbonyl (C=O) groups excluding carboxylic acids is 1. The highest BCUT2D eigenvalue weighted by molar-refractivity contribution is 9.11. The van der Waals surface area contributed by atoms with Gasteiger partial charge in [0.2, 0.25) is 0 Å². The van der Waals surface area contributed by atoms with Crippen LogP contribution in [0.3, 0.4) is 0 Å². The maximum Gasteiger partial charge on any atom is 0.267 e. The van der Waals surface area contributed by atoms with E-state index in [1.165, 1.54) is 22.7 Å². The number of thiazole rings is 1. The minimum atomic E-state index is -0.0753. The molecule has 0 aromatic carbocycles. The summed E-state index contributed by atoms with van der Waals surface area (Å²) in [7, 11) is 0. The number of nitrogens with zero attached hydrogens (tertiary/aromatic N) is 1. The number of hydrogen-bond donors (Lipinski definition) is 1. The number of aryl methyl sites for hydroxylation is 1. The molecule has 1 N–H and O–H groups in total. The summed E-state index contributed by atoms with van der Waals surface area (Å²) in [6, 6.07) is 1.98. The molecular weight excluding hydrogens is 308 g/mol. The number of rotatable bonds is 3. The molecule has 0 spiro atoms. The van der Waals surface area contributed by atoms with Crippen LogP contribution in [-0.2, 0) is 6.42 Å². The summed E-state index contributed by atoms with van der Waals surface area (Å²) in [5.74, 6) is -0.0753. The standard InChI is InChI=1S/C10H9BrN2OS2/c1-2-6-3-4-15-8(6)9(14)13-10-12-5-7(11)16-10/h3-5H,2H2,1H3,(H,12,13,14). The highest BCUT2D eigenvalue weighted by Gasteiger charge is 2.13. The van der Waals surface area contributed by atoms with E-state index in [-0.39, 0.29) is 5.91 Å². The lowest BCUT2D eigenvalue weighted by Gasteiger charge is -2.00. The van der Waals surface area contributed by atoms with E-state index in [1.54, 1.807) is 6.20 Å². The molecule has 0 fully saturated rings. The van der Waals surface area contributed by atoms with Crippen LogP contribution in [0.15, 0.2) is 21.4 Å². The molecule has 0 unspecified atom stereocenters. The molecule has 0 aliphatic heterocycles. The van der Waals surface area contributed by atoms with Crippen molar-refractivity contribution in [1.82, 2.24) is 4.98 Å². The predicted octanol–water partition coefficient (Wildman–Crippen LogP) is 3.78. The Morgan fingerprint density at radius 2 is 2.44 bits per heavy atom. The number of halogens is 1. The highest BCUT2D eigenvalue weighted by atomic mass is 79.9. The molecule has 2 aromatic heterocycles. The molecule has 2 rings (SSSR count). The normalized spacial score (nSPS) is 10.4. The summed E-state index contributed by atoms with van der Waals surface area (Å²) in [4.78, 5) is 16.8. The van der Waals surface area contributed by atoms with Crippen molar-refractivity contribution in [3.63, 3.8) is 0 Å². The Labute approximate surface area is 110 Å². The fraction of sp³-hybridized carbons (Fsp3) is 0.200. The Morgan fingerprint density at radius 3 is 3.06 bits per heavy atom. The Bertz CT molecular complexity index is 506. The van der Waals surface area contributed by atoms with E-state index < -0.39 is 0 Å². The molecule has 0 bridgehead atoms. The molecule has 1 amide bonds. The number of nitrogens with one attached hydrogen (secondary N) is 1. The predicted molar refractivity (Wildman–Crippen MR) is 71.5 cm³/mol. The lowest BCUT2D eigenvalue weighted by molar-refractivity contribution is 0.103. The summed E-state index contributed by atoms with van der Waals surface area (Å²) in [5, 5.41) is 5.34. The van der Waals surface area contributed by atoms with Crippen LogP contribution in [0.1, 0.15) is 22.2 Å². The molecule has 0 aliphatic rings. The van der Waals surface area contributed by atoms with Gasteiger partial charge in [0.15, 0.2) is 5.13 Å². The van der Waals surface area contributed by atoms with Gasteiger partial charge in [-0.15, -0.1) is 11.3 Å². The van der Waals surface area contributed by atoms with Gasteiger partial charge in [0.05, 0.1) is 14.9 Å². The minimum Gasteiger partial charge on any atom is -0.297 e. The first-order chi connectivity index (χ1) is 7.70. The van der Waals surface area contributed by atoms with Gasteiger partial charge in [0.25, 0.3) is 5.91 Å². The highest BCUT2D eigenvalue weighted by Crippen LogP contribution is 2.25. The first kappa shape index (κ1) is 11.8. The summed E-state index contributed by atoms with van der Waals surface area (Å²) < 4.78 is 0.907. The third-order valence-corrected chi connectivity index (χ3v) is 4.38. The smallest absolute Gasteiger partial charge is 0.267 e. The van der Waals surface area contributed by atoms with Gasteiger partial charge in [0.1, 0.15) is 0 Å². The number of anilines is 1. The summed E-state index contributed by atoms with van der Waals surface area (Å²) in [6.45, 7) is 2.04. The van der Waals surface area contributed by atoms with Crippen molar-refractivity contribution >= 4 is 49.6 Å². The van der Waals surface area contributed by atoms with Crippen LogP contribution in [0.4, 0.5) is 5.13 Å². The maximum absolute atomic E-state index is 11.9. The largest absolute Gasteiger partial charge is 0.297 e. The third-order valence-electron chi connectivity index (χ3n) is 2.03. The second kappa shape index (κ2) is 5.07. The van der Waals surface area contributed by atoms with E-state index in [9.17, 15) is 4.79 Å². The van der Waals surface area contributed by atoms with Gasteiger partial charge in [0, 0.05) is 0 Å². The number of hydrogen-bond acceptors (Lipinski definition) is 4. The van der Waals surface area contributed by atoms with Crippen molar-refractivity contribution < 1.29 is 4.79 Å². The van der Waals surface area contributed by atoms with Gasteiger partial charge >= 0.3 is 0 Å². The molecule has 16 heavy (non-hydrogen) atoms. The topological polar surface area (TPSA) is 42.0 Å². The van der Waals surface area contributed by atoms with Gasteiger partial charge in [-0.1, -0.05) is 18.3 Å². The Kier molecular flexibility index (Phi) is 3.73. The second-order valence-electron chi connectivity index (χ2n) is 3.05. The van der Waals surface area contributed by atoms with E-state index >= 15 is 0 Å². The van der Waals surface area contributed by atoms with Crippen molar-refractivity contribution in [1.29, 1.82) is 0 Å². The van der Waals surface area contributed by atoms with E-state index in [2.05, 4.69) is 26.2 Å². The number of thiophene rings is 1. The van der Waals surface area contributed by atoms with E-state index in [0.29, 0.717) is 5.13 Å². The van der Waals surface area contributed by atoms with Gasteiger partial charge in [-0.25, -0.2) is 4.98 Å². The molecule has 0 radical (unpaired) electrons. The maximum atomic E-state index is 11.9. The van der Waals surface area contributed by atoms with Crippen LogP contribution in [0.2, 0.25) is 0 Å². The van der Waals surface area contributed by atoms with E-state index in [0.717, 1.165) is 20.6 Å². The molecule has 0 saturated heterocycles. The lowest BCUT2D eigenvalue weighted by Crippen LogP contribution is -2.11. The number of aromatic nitrogens is 1. The molecule has 2 heterocycles. The van der Waals surface area contributed by atoms with Gasteiger partial charge in [-0.05, 0) is 39.4 Å². The van der Waals surface area contributed by atoms with E-state index in [1.807, 2.05) is 18.4 Å². The fourth-order valence-electron chi connectivity index (χ4n) is 1.28. The molecule has 84 valence electrons. The van der Waals surface area contributed by atoms with Crippen LogP contribution < -0.4 is 5.32 Å². The quantitative estimate of drug-likeness (QED) is 0.936.